The summed E-state index contributed by atoms with van der Waals surface area (Å²) in [7, 11) is 0. The van der Waals surface area contributed by atoms with E-state index in [-0.39, 0.29) is 18.4 Å². The van der Waals surface area contributed by atoms with E-state index in [1.807, 2.05) is 4.90 Å². The minimum atomic E-state index is -0.741. The molecule has 1 aliphatic rings. The first-order chi connectivity index (χ1) is 9.81. The third kappa shape index (κ3) is 5.94. The van der Waals surface area contributed by atoms with E-state index in [1.165, 1.54) is 0 Å². The van der Waals surface area contributed by atoms with Crippen LogP contribution < -0.4 is 5.32 Å². The van der Waals surface area contributed by atoms with Crippen LogP contribution in [0.5, 0.6) is 0 Å². The van der Waals surface area contributed by atoms with E-state index >= 15 is 0 Å². The molecule has 0 spiro atoms. The first kappa shape index (κ1) is 17.8. The fourth-order valence-electron chi connectivity index (χ4n) is 3.15. The maximum atomic E-state index is 12.2. The molecule has 2 N–H and O–H groups in total. The molecular formula is C16H30N2O3. The number of carbonyl (C=O) groups is 2. The molecule has 0 radical (unpaired) electrons. The minimum absolute atomic E-state index is 0.00456. The van der Waals surface area contributed by atoms with E-state index < -0.39 is 5.97 Å². The Morgan fingerprint density at radius 2 is 1.67 bits per heavy atom. The smallest absolute Gasteiger partial charge is 0.317 e. The molecule has 2 amide bonds. The highest BCUT2D eigenvalue weighted by atomic mass is 16.4. The van der Waals surface area contributed by atoms with Crippen molar-refractivity contribution in [2.45, 2.75) is 47.0 Å². The number of hydrogen-bond acceptors (Lipinski definition) is 2. The van der Waals surface area contributed by atoms with Gasteiger partial charge < -0.3 is 15.3 Å². The van der Waals surface area contributed by atoms with Gasteiger partial charge in [-0.1, -0.05) is 27.7 Å². The third-order valence-corrected chi connectivity index (χ3v) is 4.57. The number of aliphatic carboxylic acids is 1. The molecule has 0 aromatic carbocycles. The van der Waals surface area contributed by atoms with Crippen LogP contribution in [-0.2, 0) is 4.79 Å². The van der Waals surface area contributed by atoms with Crippen molar-refractivity contribution in [3.05, 3.63) is 0 Å². The number of urea groups is 1. The summed E-state index contributed by atoms with van der Waals surface area (Å²) in [6.45, 7) is 10.8. The van der Waals surface area contributed by atoms with E-state index in [1.54, 1.807) is 0 Å². The Bertz CT molecular complexity index is 339. The van der Waals surface area contributed by atoms with Crippen LogP contribution in [0.25, 0.3) is 0 Å². The van der Waals surface area contributed by atoms with Crippen LogP contribution >= 0.6 is 0 Å². The lowest BCUT2D eigenvalue weighted by Crippen LogP contribution is -2.46. The largest absolute Gasteiger partial charge is 0.481 e. The normalized spacial score (nSPS) is 16.8. The number of amides is 2. The number of hydrogen-bond donors (Lipinski definition) is 2. The lowest BCUT2D eigenvalue weighted by molar-refractivity contribution is -0.138. The molecule has 1 rings (SSSR count). The summed E-state index contributed by atoms with van der Waals surface area (Å²) < 4.78 is 0. The molecule has 0 aromatic rings. The lowest BCUT2D eigenvalue weighted by atomic mass is 9.85. The van der Waals surface area contributed by atoms with Gasteiger partial charge in [-0.2, -0.15) is 0 Å². The van der Waals surface area contributed by atoms with E-state index in [9.17, 15) is 9.59 Å². The Morgan fingerprint density at radius 3 is 2.10 bits per heavy atom. The Balaban J connectivity index is 2.35. The zero-order valence-electron chi connectivity index (χ0n) is 13.8. The number of carboxylic acids is 1. The highest BCUT2D eigenvalue weighted by Gasteiger charge is 2.25. The molecule has 5 heteroatoms. The standard InChI is InChI=1S/C16H30N2O3/c1-11(2)14(12(3)4)10-17-16(21)18-7-5-13(6-8-18)9-15(19)20/h11-14H,5-10H2,1-4H3,(H,17,21)(H,19,20). The van der Waals surface area contributed by atoms with Gasteiger partial charge >= 0.3 is 12.0 Å². The van der Waals surface area contributed by atoms with Gasteiger partial charge in [0.25, 0.3) is 0 Å². The maximum Gasteiger partial charge on any atom is 0.317 e. The number of piperidine rings is 1. The highest BCUT2D eigenvalue weighted by Crippen LogP contribution is 2.21. The van der Waals surface area contributed by atoms with Gasteiger partial charge in [0.15, 0.2) is 0 Å². The lowest BCUT2D eigenvalue weighted by Gasteiger charge is -2.32. The van der Waals surface area contributed by atoms with E-state index in [0.717, 1.165) is 12.8 Å². The summed E-state index contributed by atoms with van der Waals surface area (Å²) in [5.41, 5.74) is 0. The molecule has 0 saturated carbocycles. The van der Waals surface area contributed by atoms with Gasteiger partial charge in [-0.05, 0) is 36.5 Å². The first-order valence-electron chi connectivity index (χ1n) is 8.05. The minimum Gasteiger partial charge on any atom is -0.481 e. The Labute approximate surface area is 128 Å². The average Bonchev–Trinajstić information content (AvgIpc) is 2.38. The summed E-state index contributed by atoms with van der Waals surface area (Å²) in [5, 5.41) is 11.8. The topological polar surface area (TPSA) is 69.6 Å². The van der Waals surface area contributed by atoms with Crippen LogP contribution in [0.2, 0.25) is 0 Å². The summed E-state index contributed by atoms with van der Waals surface area (Å²) in [6, 6.07) is -0.00456. The Hall–Kier alpha value is -1.26. The van der Waals surface area contributed by atoms with Gasteiger partial charge in [-0.3, -0.25) is 4.79 Å². The Morgan fingerprint density at radius 1 is 1.14 bits per heavy atom. The van der Waals surface area contributed by atoms with Crippen molar-refractivity contribution < 1.29 is 14.7 Å². The molecule has 0 unspecified atom stereocenters. The predicted octanol–water partition coefficient (Wildman–Crippen LogP) is 2.81. The molecule has 0 aromatic heterocycles. The summed E-state index contributed by atoms with van der Waals surface area (Å²) in [6.07, 6.45) is 1.80. The maximum absolute atomic E-state index is 12.2. The fourth-order valence-corrected chi connectivity index (χ4v) is 3.15. The fraction of sp³-hybridized carbons (Fsp3) is 0.875. The number of carbonyl (C=O) groups excluding carboxylic acids is 1. The molecule has 5 nitrogen and oxygen atoms in total. The molecular weight excluding hydrogens is 268 g/mol. The number of nitrogens with one attached hydrogen (secondary N) is 1. The zero-order valence-corrected chi connectivity index (χ0v) is 13.8. The molecule has 122 valence electrons. The predicted molar refractivity (Wildman–Crippen MR) is 83.1 cm³/mol. The van der Waals surface area contributed by atoms with Crippen molar-refractivity contribution >= 4 is 12.0 Å². The first-order valence-corrected chi connectivity index (χ1v) is 8.05. The van der Waals surface area contributed by atoms with E-state index in [2.05, 4.69) is 33.0 Å². The van der Waals surface area contributed by atoms with Gasteiger partial charge in [-0.25, -0.2) is 4.79 Å². The molecule has 0 bridgehead atoms. The molecule has 21 heavy (non-hydrogen) atoms. The molecule has 0 atom stereocenters. The summed E-state index contributed by atoms with van der Waals surface area (Å²) >= 11 is 0. The Kier molecular flexibility index (Phi) is 6.99. The van der Waals surface area contributed by atoms with Crippen LogP contribution in [0, 0.1) is 23.7 Å². The summed E-state index contributed by atoms with van der Waals surface area (Å²) in [5.74, 6) is 1.05. The van der Waals surface area contributed by atoms with Crippen molar-refractivity contribution in [2.75, 3.05) is 19.6 Å². The van der Waals surface area contributed by atoms with Crippen molar-refractivity contribution in [2.24, 2.45) is 23.7 Å². The van der Waals surface area contributed by atoms with Crippen molar-refractivity contribution in [1.82, 2.24) is 10.2 Å². The molecule has 0 aliphatic carbocycles. The number of carboxylic acid groups (broad SMARTS) is 1. The third-order valence-electron chi connectivity index (χ3n) is 4.57. The van der Waals surface area contributed by atoms with E-state index in [0.29, 0.717) is 37.4 Å². The van der Waals surface area contributed by atoms with Gasteiger partial charge in [0.2, 0.25) is 0 Å². The number of nitrogens with zero attached hydrogens (tertiary/aromatic N) is 1. The average molecular weight is 298 g/mol. The van der Waals surface area contributed by atoms with Gasteiger partial charge in [0.1, 0.15) is 0 Å². The summed E-state index contributed by atoms with van der Waals surface area (Å²) in [4.78, 5) is 24.7. The van der Waals surface area contributed by atoms with E-state index in [4.69, 9.17) is 5.11 Å². The quantitative estimate of drug-likeness (QED) is 0.792. The highest BCUT2D eigenvalue weighted by molar-refractivity contribution is 5.74. The second kappa shape index (κ2) is 8.25. The molecule has 1 fully saturated rings. The zero-order chi connectivity index (χ0) is 16.0. The number of rotatable bonds is 6. The SMILES string of the molecule is CC(C)C(CNC(=O)N1CCC(CC(=O)O)CC1)C(C)C. The van der Waals surface area contributed by atoms with Crippen LogP contribution in [-0.4, -0.2) is 41.6 Å². The molecule has 1 heterocycles. The molecule has 1 saturated heterocycles. The van der Waals surface area contributed by atoms with Crippen LogP contribution in [0.1, 0.15) is 47.0 Å². The second-order valence-corrected chi connectivity index (χ2v) is 6.87. The van der Waals surface area contributed by atoms with Gasteiger partial charge in [0.05, 0.1) is 0 Å². The van der Waals surface area contributed by atoms with Crippen molar-refractivity contribution in [3.63, 3.8) is 0 Å². The van der Waals surface area contributed by atoms with Crippen LogP contribution in [0.4, 0.5) is 4.79 Å². The second-order valence-electron chi connectivity index (χ2n) is 6.87. The molecule has 1 aliphatic heterocycles. The monoisotopic (exact) mass is 298 g/mol. The van der Waals surface area contributed by atoms with Gasteiger partial charge in [-0.15, -0.1) is 0 Å². The van der Waals surface area contributed by atoms with Crippen molar-refractivity contribution in [1.29, 1.82) is 0 Å². The van der Waals surface area contributed by atoms with Crippen molar-refractivity contribution in [3.8, 4) is 0 Å². The van der Waals surface area contributed by atoms with Crippen LogP contribution in [0.15, 0.2) is 0 Å². The van der Waals surface area contributed by atoms with Crippen LogP contribution in [0.3, 0.4) is 0 Å². The number of likely N-dealkylation sites (tertiary alicyclic amines) is 1. The van der Waals surface area contributed by atoms with Gasteiger partial charge in [0, 0.05) is 26.1 Å².